The van der Waals surface area contributed by atoms with Gasteiger partial charge in [-0.3, -0.25) is 0 Å². The van der Waals surface area contributed by atoms with E-state index in [0.717, 1.165) is 11.8 Å². The second kappa shape index (κ2) is 4.79. The molecular formula is C12H18O3. The molecule has 15 heavy (non-hydrogen) atoms. The third kappa shape index (κ3) is 2.40. The summed E-state index contributed by atoms with van der Waals surface area (Å²) in [6, 6.07) is 0. The standard InChI is InChI=1S/C12H18O3/c1-2-11(13)14-7-8-15-12-9-3-4-10(12)6-5-9/h2,9-10,12H,1,3-8H2. The first-order chi connectivity index (χ1) is 7.31. The lowest BCUT2D eigenvalue weighted by Crippen LogP contribution is -2.21. The minimum Gasteiger partial charge on any atom is -0.460 e. The van der Waals surface area contributed by atoms with E-state index in [2.05, 4.69) is 6.58 Å². The van der Waals surface area contributed by atoms with Crippen LogP contribution in [0.25, 0.3) is 0 Å². The number of ether oxygens (including phenoxy) is 2. The van der Waals surface area contributed by atoms with E-state index in [0.29, 0.717) is 19.3 Å². The number of hydrogen-bond donors (Lipinski definition) is 0. The van der Waals surface area contributed by atoms with Crippen molar-refractivity contribution in [3.05, 3.63) is 12.7 Å². The molecule has 0 heterocycles. The number of esters is 1. The van der Waals surface area contributed by atoms with Crippen LogP contribution in [0.2, 0.25) is 0 Å². The van der Waals surface area contributed by atoms with Crippen molar-refractivity contribution in [2.45, 2.75) is 31.8 Å². The Hall–Kier alpha value is -0.830. The van der Waals surface area contributed by atoms with Crippen LogP contribution in [0.1, 0.15) is 25.7 Å². The summed E-state index contributed by atoms with van der Waals surface area (Å²) in [5.74, 6) is 1.17. The fourth-order valence-corrected chi connectivity index (χ4v) is 2.84. The SMILES string of the molecule is C=CC(=O)OCCOC1C2CCC1CC2. The van der Waals surface area contributed by atoms with Gasteiger partial charge in [-0.15, -0.1) is 0 Å². The molecule has 2 rings (SSSR count). The van der Waals surface area contributed by atoms with E-state index >= 15 is 0 Å². The molecule has 0 aromatic rings. The average Bonchev–Trinajstić information content (AvgIpc) is 2.83. The third-order valence-corrected chi connectivity index (χ3v) is 3.55. The molecule has 0 aromatic carbocycles. The molecule has 0 unspecified atom stereocenters. The second-order valence-electron chi connectivity index (χ2n) is 4.38. The molecule has 2 fully saturated rings. The van der Waals surface area contributed by atoms with Crippen molar-refractivity contribution in [2.75, 3.05) is 13.2 Å². The first-order valence-electron chi connectivity index (χ1n) is 5.72. The van der Waals surface area contributed by atoms with Crippen molar-refractivity contribution in [2.24, 2.45) is 11.8 Å². The van der Waals surface area contributed by atoms with E-state index < -0.39 is 0 Å². The predicted octanol–water partition coefficient (Wildman–Crippen LogP) is 1.92. The minimum atomic E-state index is -0.368. The summed E-state index contributed by atoms with van der Waals surface area (Å²) in [6.45, 7) is 4.21. The molecule has 3 heteroatoms. The van der Waals surface area contributed by atoms with Crippen molar-refractivity contribution in [3.63, 3.8) is 0 Å². The van der Waals surface area contributed by atoms with Gasteiger partial charge in [0.2, 0.25) is 0 Å². The molecule has 2 aliphatic carbocycles. The first-order valence-corrected chi connectivity index (χ1v) is 5.72. The molecule has 0 saturated heterocycles. The fraction of sp³-hybridized carbons (Fsp3) is 0.750. The Labute approximate surface area is 90.4 Å². The topological polar surface area (TPSA) is 35.5 Å². The summed E-state index contributed by atoms with van der Waals surface area (Å²) >= 11 is 0. The van der Waals surface area contributed by atoms with Crippen molar-refractivity contribution >= 4 is 5.97 Å². The minimum absolute atomic E-state index is 0.348. The smallest absolute Gasteiger partial charge is 0.330 e. The summed E-state index contributed by atoms with van der Waals surface area (Å²) in [5.41, 5.74) is 0. The summed E-state index contributed by atoms with van der Waals surface area (Å²) in [6.07, 6.45) is 6.90. The van der Waals surface area contributed by atoms with Gasteiger partial charge in [-0.05, 0) is 37.5 Å². The number of carbonyl (C=O) groups is 1. The molecule has 2 bridgehead atoms. The Kier molecular flexibility index (Phi) is 3.41. The first kappa shape index (κ1) is 10.7. The van der Waals surface area contributed by atoms with Crippen LogP contribution in [0.3, 0.4) is 0 Å². The maximum absolute atomic E-state index is 10.8. The average molecular weight is 210 g/mol. The van der Waals surface area contributed by atoms with Crippen LogP contribution in [-0.4, -0.2) is 25.3 Å². The van der Waals surface area contributed by atoms with Gasteiger partial charge in [0.1, 0.15) is 6.61 Å². The Morgan fingerprint density at radius 1 is 1.20 bits per heavy atom. The van der Waals surface area contributed by atoms with Crippen LogP contribution in [-0.2, 0) is 14.3 Å². The Morgan fingerprint density at radius 3 is 2.33 bits per heavy atom. The number of rotatable bonds is 5. The predicted molar refractivity (Wildman–Crippen MR) is 56.3 cm³/mol. The third-order valence-electron chi connectivity index (χ3n) is 3.55. The zero-order valence-electron chi connectivity index (χ0n) is 8.98. The van der Waals surface area contributed by atoms with Crippen molar-refractivity contribution in [1.82, 2.24) is 0 Å². The van der Waals surface area contributed by atoms with Crippen molar-refractivity contribution in [3.8, 4) is 0 Å². The highest BCUT2D eigenvalue weighted by Gasteiger charge is 2.42. The fourth-order valence-electron chi connectivity index (χ4n) is 2.84. The maximum atomic E-state index is 10.8. The van der Waals surface area contributed by atoms with E-state index in [1.54, 1.807) is 0 Å². The van der Waals surface area contributed by atoms with Gasteiger partial charge in [-0.25, -0.2) is 4.79 Å². The molecule has 0 amide bonds. The summed E-state index contributed by atoms with van der Waals surface area (Å²) in [4.78, 5) is 10.8. The van der Waals surface area contributed by atoms with Crippen LogP contribution in [0.5, 0.6) is 0 Å². The number of carbonyl (C=O) groups excluding carboxylic acids is 1. The molecule has 2 saturated carbocycles. The molecule has 0 atom stereocenters. The maximum Gasteiger partial charge on any atom is 0.330 e. The molecule has 0 radical (unpaired) electrons. The number of fused-ring (bicyclic) bond motifs is 2. The van der Waals surface area contributed by atoms with Crippen LogP contribution in [0.4, 0.5) is 0 Å². The number of hydrogen-bond acceptors (Lipinski definition) is 3. The summed E-state index contributed by atoms with van der Waals surface area (Å²) < 4.78 is 10.6. The lowest BCUT2D eigenvalue weighted by atomic mass is 10.0. The molecule has 84 valence electrons. The summed E-state index contributed by atoms with van der Waals surface area (Å²) in [5, 5.41) is 0. The monoisotopic (exact) mass is 210 g/mol. The van der Waals surface area contributed by atoms with Gasteiger partial charge in [0.25, 0.3) is 0 Å². The molecule has 3 nitrogen and oxygen atoms in total. The van der Waals surface area contributed by atoms with Crippen molar-refractivity contribution in [1.29, 1.82) is 0 Å². The highest BCUT2D eigenvalue weighted by molar-refractivity contribution is 5.81. The molecule has 0 aliphatic heterocycles. The van der Waals surface area contributed by atoms with Gasteiger partial charge in [-0.1, -0.05) is 6.58 Å². The van der Waals surface area contributed by atoms with E-state index in [1.807, 2.05) is 0 Å². The quantitative estimate of drug-likeness (QED) is 0.395. The van der Waals surface area contributed by atoms with E-state index in [9.17, 15) is 4.79 Å². The van der Waals surface area contributed by atoms with Crippen LogP contribution >= 0.6 is 0 Å². The normalized spacial score (nSPS) is 32.9. The highest BCUT2D eigenvalue weighted by Crippen LogP contribution is 2.46. The van der Waals surface area contributed by atoms with Gasteiger partial charge in [0, 0.05) is 6.08 Å². The Morgan fingerprint density at radius 2 is 1.80 bits per heavy atom. The van der Waals surface area contributed by atoms with Gasteiger partial charge in [0.15, 0.2) is 0 Å². The van der Waals surface area contributed by atoms with E-state index in [1.165, 1.54) is 31.8 Å². The van der Waals surface area contributed by atoms with Crippen LogP contribution in [0.15, 0.2) is 12.7 Å². The molecule has 0 spiro atoms. The van der Waals surface area contributed by atoms with Gasteiger partial charge < -0.3 is 9.47 Å². The summed E-state index contributed by atoms with van der Waals surface area (Å²) in [7, 11) is 0. The lowest BCUT2D eigenvalue weighted by molar-refractivity contribution is -0.140. The Balaban J connectivity index is 1.62. The highest BCUT2D eigenvalue weighted by atomic mass is 16.6. The van der Waals surface area contributed by atoms with Gasteiger partial charge in [0.05, 0.1) is 12.7 Å². The Bertz CT molecular complexity index is 229. The van der Waals surface area contributed by atoms with Crippen LogP contribution in [0, 0.1) is 11.8 Å². The molecule has 0 aromatic heterocycles. The van der Waals surface area contributed by atoms with E-state index in [-0.39, 0.29) is 5.97 Å². The largest absolute Gasteiger partial charge is 0.460 e. The van der Waals surface area contributed by atoms with Gasteiger partial charge in [-0.2, -0.15) is 0 Å². The zero-order valence-corrected chi connectivity index (χ0v) is 8.98. The lowest BCUT2D eigenvalue weighted by Gasteiger charge is -2.16. The molecular weight excluding hydrogens is 192 g/mol. The van der Waals surface area contributed by atoms with Gasteiger partial charge >= 0.3 is 5.97 Å². The van der Waals surface area contributed by atoms with Crippen LogP contribution < -0.4 is 0 Å². The zero-order chi connectivity index (χ0) is 10.7. The molecule has 2 aliphatic rings. The van der Waals surface area contributed by atoms with Crippen molar-refractivity contribution < 1.29 is 14.3 Å². The second-order valence-corrected chi connectivity index (χ2v) is 4.38. The van der Waals surface area contributed by atoms with E-state index in [4.69, 9.17) is 9.47 Å². The molecule has 0 N–H and O–H groups in total.